The second kappa shape index (κ2) is 8.33. The molecule has 0 fully saturated rings. The number of aromatic nitrogens is 2. The number of nitrogens with zero attached hydrogens (tertiary/aromatic N) is 3. The van der Waals surface area contributed by atoms with Crippen LogP contribution in [0.3, 0.4) is 0 Å². The van der Waals surface area contributed by atoms with Gasteiger partial charge in [-0.3, -0.25) is 4.90 Å². The van der Waals surface area contributed by atoms with Gasteiger partial charge in [0.05, 0.1) is 23.7 Å². The summed E-state index contributed by atoms with van der Waals surface area (Å²) in [7, 11) is 0. The van der Waals surface area contributed by atoms with E-state index in [9.17, 15) is 4.39 Å². The quantitative estimate of drug-likeness (QED) is 0.566. The van der Waals surface area contributed by atoms with E-state index in [1.54, 1.807) is 30.3 Å². The van der Waals surface area contributed by atoms with Gasteiger partial charge in [-0.15, -0.1) is 16.6 Å². The maximum Gasteiger partial charge on any atom is 0.249 e. The van der Waals surface area contributed by atoms with Crippen LogP contribution >= 0.6 is 23.2 Å². The fourth-order valence-corrected chi connectivity index (χ4v) is 2.91. The largest absolute Gasteiger partial charge is 0.419 e. The molecule has 0 saturated carbocycles. The van der Waals surface area contributed by atoms with E-state index in [0.717, 1.165) is 5.56 Å². The lowest BCUT2D eigenvalue weighted by Crippen LogP contribution is -2.23. The lowest BCUT2D eigenvalue weighted by Gasteiger charge is -2.17. The Morgan fingerprint density at radius 2 is 1.85 bits per heavy atom. The smallest absolute Gasteiger partial charge is 0.249 e. The average Bonchev–Trinajstić information content (AvgIpc) is 3.05. The highest BCUT2D eigenvalue weighted by Crippen LogP contribution is 2.29. The Bertz CT molecular complexity index is 935. The molecule has 0 N–H and O–H groups in total. The number of hydrogen-bond donors (Lipinski definition) is 0. The summed E-state index contributed by atoms with van der Waals surface area (Å²) in [5, 5.41) is 9.05. The van der Waals surface area contributed by atoms with Crippen LogP contribution in [-0.2, 0) is 13.1 Å². The SMILES string of the molecule is C#CCN(Cc1ccc(F)cc1)Cc1nnc(-c2ccc(Cl)cc2Cl)o1. The maximum atomic E-state index is 13.0. The van der Waals surface area contributed by atoms with Gasteiger partial charge in [0, 0.05) is 11.6 Å². The summed E-state index contributed by atoms with van der Waals surface area (Å²) in [5.74, 6) is 3.04. The molecule has 0 spiro atoms. The molecule has 0 saturated heterocycles. The maximum absolute atomic E-state index is 13.0. The van der Waals surface area contributed by atoms with Crippen LogP contribution in [0.15, 0.2) is 46.9 Å². The van der Waals surface area contributed by atoms with Gasteiger partial charge in [-0.2, -0.15) is 0 Å². The first kappa shape index (κ1) is 18.4. The van der Waals surface area contributed by atoms with E-state index in [1.807, 2.05) is 4.90 Å². The van der Waals surface area contributed by atoms with Gasteiger partial charge in [-0.1, -0.05) is 41.3 Å². The van der Waals surface area contributed by atoms with E-state index in [2.05, 4.69) is 16.1 Å². The van der Waals surface area contributed by atoms with Crippen LogP contribution in [0, 0.1) is 18.2 Å². The van der Waals surface area contributed by atoms with Crippen molar-refractivity contribution in [2.24, 2.45) is 0 Å². The van der Waals surface area contributed by atoms with Crippen molar-refractivity contribution >= 4 is 23.2 Å². The zero-order valence-electron chi connectivity index (χ0n) is 13.6. The molecule has 0 aliphatic rings. The lowest BCUT2D eigenvalue weighted by atomic mass is 10.2. The highest BCUT2D eigenvalue weighted by molar-refractivity contribution is 6.36. The summed E-state index contributed by atoms with van der Waals surface area (Å²) in [5.41, 5.74) is 1.54. The molecule has 0 aliphatic carbocycles. The van der Waals surface area contributed by atoms with Crippen LogP contribution < -0.4 is 0 Å². The zero-order chi connectivity index (χ0) is 18.5. The lowest BCUT2D eigenvalue weighted by molar-refractivity contribution is 0.259. The number of benzene rings is 2. The van der Waals surface area contributed by atoms with Crippen molar-refractivity contribution in [3.63, 3.8) is 0 Å². The first-order valence-electron chi connectivity index (χ1n) is 7.73. The molecule has 7 heteroatoms. The molecule has 1 heterocycles. The average molecular weight is 390 g/mol. The Morgan fingerprint density at radius 3 is 2.54 bits per heavy atom. The third-order valence-electron chi connectivity index (χ3n) is 3.62. The molecule has 0 amide bonds. The normalized spacial score (nSPS) is 10.9. The van der Waals surface area contributed by atoms with Crippen molar-refractivity contribution in [2.45, 2.75) is 13.1 Å². The summed E-state index contributed by atoms with van der Waals surface area (Å²) >= 11 is 12.1. The third-order valence-corrected chi connectivity index (χ3v) is 4.17. The van der Waals surface area contributed by atoms with Crippen LogP contribution in [-0.4, -0.2) is 21.6 Å². The van der Waals surface area contributed by atoms with Crippen LogP contribution in [0.25, 0.3) is 11.5 Å². The summed E-state index contributed by atoms with van der Waals surface area (Å²) in [6.07, 6.45) is 5.44. The summed E-state index contributed by atoms with van der Waals surface area (Å²) in [4.78, 5) is 1.94. The van der Waals surface area contributed by atoms with Crippen molar-refractivity contribution in [3.8, 4) is 23.8 Å². The van der Waals surface area contributed by atoms with Crippen LogP contribution in [0.1, 0.15) is 11.5 Å². The molecule has 26 heavy (non-hydrogen) atoms. The van der Waals surface area contributed by atoms with Crippen LogP contribution in [0.5, 0.6) is 0 Å². The topological polar surface area (TPSA) is 42.2 Å². The minimum atomic E-state index is -0.279. The second-order valence-corrected chi connectivity index (χ2v) is 6.44. The Hall–Kier alpha value is -2.39. The minimum Gasteiger partial charge on any atom is -0.419 e. The van der Waals surface area contributed by atoms with Gasteiger partial charge in [0.2, 0.25) is 11.8 Å². The molecule has 3 rings (SSSR count). The van der Waals surface area contributed by atoms with E-state index in [0.29, 0.717) is 47.0 Å². The number of halogens is 3. The van der Waals surface area contributed by atoms with E-state index < -0.39 is 0 Å². The predicted molar refractivity (Wildman–Crippen MR) is 99.1 cm³/mol. The van der Waals surface area contributed by atoms with Crippen molar-refractivity contribution in [2.75, 3.05) is 6.54 Å². The molecule has 3 aromatic rings. The van der Waals surface area contributed by atoms with Gasteiger partial charge < -0.3 is 4.42 Å². The summed E-state index contributed by atoms with van der Waals surface area (Å²) in [6, 6.07) is 11.3. The fraction of sp³-hybridized carbons (Fsp3) is 0.158. The van der Waals surface area contributed by atoms with Crippen LogP contribution in [0.2, 0.25) is 10.0 Å². The minimum absolute atomic E-state index is 0.279. The Morgan fingerprint density at radius 1 is 1.08 bits per heavy atom. The molecule has 0 unspecified atom stereocenters. The molecular formula is C19H14Cl2FN3O. The zero-order valence-corrected chi connectivity index (χ0v) is 15.1. The van der Waals surface area contributed by atoms with Crippen molar-refractivity contribution in [3.05, 3.63) is 69.8 Å². The molecule has 4 nitrogen and oxygen atoms in total. The first-order chi connectivity index (χ1) is 12.5. The molecule has 0 atom stereocenters. The standard InChI is InChI=1S/C19H14Cl2FN3O/c1-2-9-25(11-13-3-6-15(22)7-4-13)12-18-23-24-19(26-18)16-8-5-14(20)10-17(16)21/h1,3-8,10H,9,11-12H2. The Labute approximate surface area is 160 Å². The van der Waals surface area contributed by atoms with Crippen molar-refractivity contribution < 1.29 is 8.81 Å². The van der Waals surface area contributed by atoms with Crippen molar-refractivity contribution in [1.82, 2.24) is 15.1 Å². The molecule has 2 aromatic carbocycles. The van der Waals surface area contributed by atoms with Gasteiger partial charge >= 0.3 is 0 Å². The summed E-state index contributed by atoms with van der Waals surface area (Å²) in [6.45, 7) is 1.28. The third kappa shape index (κ3) is 4.61. The van der Waals surface area contributed by atoms with E-state index in [1.165, 1.54) is 12.1 Å². The Balaban J connectivity index is 1.74. The molecule has 0 aliphatic heterocycles. The Kier molecular flexibility index (Phi) is 5.89. The number of hydrogen-bond acceptors (Lipinski definition) is 4. The molecule has 1 aromatic heterocycles. The predicted octanol–water partition coefficient (Wildman–Crippen LogP) is 4.82. The van der Waals surface area contributed by atoms with Crippen LogP contribution in [0.4, 0.5) is 4.39 Å². The summed E-state index contributed by atoms with van der Waals surface area (Å²) < 4.78 is 18.7. The second-order valence-electron chi connectivity index (χ2n) is 5.60. The molecular weight excluding hydrogens is 376 g/mol. The fourth-order valence-electron chi connectivity index (χ4n) is 2.43. The number of rotatable bonds is 6. The van der Waals surface area contributed by atoms with E-state index in [4.69, 9.17) is 34.0 Å². The highest BCUT2D eigenvalue weighted by atomic mass is 35.5. The highest BCUT2D eigenvalue weighted by Gasteiger charge is 2.15. The molecule has 0 radical (unpaired) electrons. The molecule has 132 valence electrons. The van der Waals surface area contributed by atoms with E-state index in [-0.39, 0.29) is 5.82 Å². The van der Waals surface area contributed by atoms with Gasteiger partial charge in [-0.05, 0) is 35.9 Å². The van der Waals surface area contributed by atoms with E-state index >= 15 is 0 Å². The van der Waals surface area contributed by atoms with Gasteiger partial charge in [0.25, 0.3) is 0 Å². The monoisotopic (exact) mass is 389 g/mol. The van der Waals surface area contributed by atoms with Gasteiger partial charge in [-0.25, -0.2) is 4.39 Å². The number of terminal acetylenes is 1. The van der Waals surface area contributed by atoms with Gasteiger partial charge in [0.15, 0.2) is 0 Å². The molecule has 0 bridgehead atoms. The first-order valence-corrected chi connectivity index (χ1v) is 8.49. The van der Waals surface area contributed by atoms with Crippen molar-refractivity contribution in [1.29, 1.82) is 0 Å². The van der Waals surface area contributed by atoms with Gasteiger partial charge in [0.1, 0.15) is 5.82 Å².